The van der Waals surface area contributed by atoms with Crippen molar-refractivity contribution in [2.75, 3.05) is 13.2 Å². The first-order chi connectivity index (χ1) is 12.9. The average Bonchev–Trinajstić information content (AvgIpc) is 3.17. The van der Waals surface area contributed by atoms with Gasteiger partial charge in [0.2, 0.25) is 0 Å². The van der Waals surface area contributed by atoms with Crippen LogP contribution in [0.3, 0.4) is 0 Å². The third-order valence-corrected chi connectivity index (χ3v) is 4.83. The lowest BCUT2D eigenvalue weighted by atomic mass is 10.0. The maximum atomic E-state index is 6.26. The van der Waals surface area contributed by atoms with Crippen LogP contribution >= 0.6 is 0 Å². The molecule has 0 amide bonds. The average molecular weight is 348 g/mol. The minimum Gasteiger partial charge on any atom is -0.367 e. The number of ether oxygens (including phenoxy) is 1. The van der Waals surface area contributed by atoms with Crippen LogP contribution in [-0.2, 0) is 17.7 Å². The molecule has 3 aromatic rings. The van der Waals surface area contributed by atoms with Crippen molar-refractivity contribution in [3.8, 4) is 0 Å². The van der Waals surface area contributed by atoms with Gasteiger partial charge in [0.25, 0.3) is 0 Å². The number of nitrogens with zero attached hydrogens (tertiary/aromatic N) is 3. The van der Waals surface area contributed by atoms with E-state index >= 15 is 0 Å². The van der Waals surface area contributed by atoms with Crippen LogP contribution in [-0.4, -0.2) is 34.0 Å². The minimum atomic E-state index is -0.0347. The lowest BCUT2D eigenvalue weighted by Crippen LogP contribution is -2.39. The highest BCUT2D eigenvalue weighted by Gasteiger charge is 2.19. The largest absolute Gasteiger partial charge is 0.367 e. The van der Waals surface area contributed by atoms with Crippen LogP contribution in [0.15, 0.2) is 67.0 Å². The van der Waals surface area contributed by atoms with Gasteiger partial charge in [-0.3, -0.25) is 0 Å². The summed E-state index contributed by atoms with van der Waals surface area (Å²) in [5.74, 6) is 1.09. The highest BCUT2D eigenvalue weighted by Crippen LogP contribution is 2.25. The normalized spacial score (nSPS) is 16.6. The van der Waals surface area contributed by atoms with Gasteiger partial charge in [0.05, 0.1) is 13.2 Å². The fraction of sp³-hybridized carbons (Fsp3) is 0.333. The van der Waals surface area contributed by atoms with Crippen LogP contribution in [0.5, 0.6) is 0 Å². The number of fused-ring (bicyclic) bond motifs is 1. The Bertz CT molecular complexity index is 764. The molecule has 0 unspecified atom stereocenters. The first-order valence-electron chi connectivity index (χ1n) is 9.22. The van der Waals surface area contributed by atoms with E-state index in [1.165, 1.54) is 11.1 Å². The molecule has 0 bridgehead atoms. The second-order valence-electron chi connectivity index (χ2n) is 6.62. The summed E-state index contributed by atoms with van der Waals surface area (Å²) in [6, 6.07) is 21.2. The van der Waals surface area contributed by atoms with E-state index in [2.05, 4.69) is 63.9 Å². The maximum Gasteiger partial charge on any atom is 0.138 e. The molecule has 0 spiro atoms. The van der Waals surface area contributed by atoms with Crippen LogP contribution in [0.1, 0.15) is 29.5 Å². The van der Waals surface area contributed by atoms with Crippen molar-refractivity contribution in [1.82, 2.24) is 20.1 Å². The molecule has 0 saturated heterocycles. The van der Waals surface area contributed by atoms with Gasteiger partial charge in [-0.1, -0.05) is 60.7 Å². The number of rotatable bonds is 7. The maximum absolute atomic E-state index is 6.26. The zero-order chi connectivity index (χ0) is 17.6. The lowest BCUT2D eigenvalue weighted by molar-refractivity contribution is 0.0795. The molecule has 2 aromatic carbocycles. The topological polar surface area (TPSA) is 52.0 Å². The Balaban J connectivity index is 1.33. The molecule has 1 aromatic heterocycles. The zero-order valence-corrected chi connectivity index (χ0v) is 14.8. The SMILES string of the molecule is c1ccc(C(OCCN[C@H]2CCc3ncnn3C2)c2ccccc2)cc1. The van der Waals surface area contributed by atoms with E-state index in [4.69, 9.17) is 4.74 Å². The van der Waals surface area contributed by atoms with Crippen LogP contribution in [0.4, 0.5) is 0 Å². The molecular weight excluding hydrogens is 324 g/mol. The van der Waals surface area contributed by atoms with Crippen LogP contribution < -0.4 is 5.32 Å². The lowest BCUT2D eigenvalue weighted by Gasteiger charge is -2.24. The van der Waals surface area contributed by atoms with E-state index in [0.717, 1.165) is 31.8 Å². The fourth-order valence-corrected chi connectivity index (χ4v) is 3.48. The van der Waals surface area contributed by atoms with E-state index in [0.29, 0.717) is 12.6 Å². The summed E-state index contributed by atoms with van der Waals surface area (Å²) in [7, 11) is 0. The Morgan fingerprint density at radius 1 is 1.04 bits per heavy atom. The summed E-state index contributed by atoms with van der Waals surface area (Å²) in [6.45, 7) is 2.37. The van der Waals surface area contributed by atoms with Crippen molar-refractivity contribution < 1.29 is 4.74 Å². The molecule has 26 heavy (non-hydrogen) atoms. The van der Waals surface area contributed by atoms with Gasteiger partial charge in [-0.25, -0.2) is 9.67 Å². The molecule has 1 N–H and O–H groups in total. The molecule has 0 radical (unpaired) electrons. The van der Waals surface area contributed by atoms with Gasteiger partial charge in [0.15, 0.2) is 0 Å². The number of benzene rings is 2. The molecule has 5 nitrogen and oxygen atoms in total. The Labute approximate surface area is 154 Å². The molecule has 2 heterocycles. The Morgan fingerprint density at radius 2 is 1.73 bits per heavy atom. The Hall–Kier alpha value is -2.50. The summed E-state index contributed by atoms with van der Waals surface area (Å²) in [5, 5.41) is 7.87. The first-order valence-corrected chi connectivity index (χ1v) is 9.22. The van der Waals surface area contributed by atoms with E-state index < -0.39 is 0 Å². The zero-order valence-electron chi connectivity index (χ0n) is 14.8. The minimum absolute atomic E-state index is 0.0347. The second-order valence-corrected chi connectivity index (χ2v) is 6.62. The molecule has 1 aliphatic rings. The summed E-state index contributed by atoms with van der Waals surface area (Å²) < 4.78 is 8.26. The number of aryl methyl sites for hydroxylation is 1. The van der Waals surface area contributed by atoms with Crippen LogP contribution in [0.2, 0.25) is 0 Å². The Morgan fingerprint density at radius 3 is 2.42 bits per heavy atom. The fourth-order valence-electron chi connectivity index (χ4n) is 3.48. The van der Waals surface area contributed by atoms with Gasteiger partial charge in [-0.2, -0.15) is 5.10 Å². The van der Waals surface area contributed by atoms with Gasteiger partial charge < -0.3 is 10.1 Å². The third-order valence-electron chi connectivity index (χ3n) is 4.83. The number of aromatic nitrogens is 3. The molecule has 134 valence electrons. The monoisotopic (exact) mass is 348 g/mol. The molecular formula is C21H24N4O. The molecule has 0 aliphatic carbocycles. The molecule has 4 rings (SSSR count). The van der Waals surface area contributed by atoms with Crippen molar-refractivity contribution in [3.05, 3.63) is 83.9 Å². The summed E-state index contributed by atoms with van der Waals surface area (Å²) in [6.07, 6.45) is 3.69. The Kier molecular flexibility index (Phi) is 5.38. The predicted octanol–water partition coefficient (Wildman–Crippen LogP) is 2.99. The molecule has 1 aliphatic heterocycles. The standard InChI is InChI=1S/C21H24N4O/c1-3-7-17(8-4-1)21(18-9-5-2-6-10-18)26-14-13-22-19-11-12-20-23-16-24-25(20)15-19/h1-10,16,19,21-22H,11-15H2/t19-/m0/s1. The molecule has 0 fully saturated rings. The summed E-state index contributed by atoms with van der Waals surface area (Å²) in [5.41, 5.74) is 2.37. The predicted molar refractivity (Wildman–Crippen MR) is 101 cm³/mol. The van der Waals surface area contributed by atoms with Gasteiger partial charge in [0.1, 0.15) is 18.3 Å². The molecule has 0 saturated carbocycles. The number of nitrogens with one attached hydrogen (secondary N) is 1. The second kappa shape index (κ2) is 8.25. The van der Waals surface area contributed by atoms with E-state index in [-0.39, 0.29) is 6.10 Å². The third kappa shape index (κ3) is 4.00. The van der Waals surface area contributed by atoms with Crippen LogP contribution in [0, 0.1) is 0 Å². The smallest absolute Gasteiger partial charge is 0.138 e. The highest BCUT2D eigenvalue weighted by molar-refractivity contribution is 5.29. The summed E-state index contributed by atoms with van der Waals surface area (Å²) >= 11 is 0. The van der Waals surface area contributed by atoms with Crippen molar-refractivity contribution >= 4 is 0 Å². The summed E-state index contributed by atoms with van der Waals surface area (Å²) in [4.78, 5) is 4.28. The molecule has 5 heteroatoms. The highest BCUT2D eigenvalue weighted by atomic mass is 16.5. The molecule has 1 atom stereocenters. The quantitative estimate of drug-likeness (QED) is 0.667. The van der Waals surface area contributed by atoms with Gasteiger partial charge in [-0.05, 0) is 17.5 Å². The van der Waals surface area contributed by atoms with Crippen LogP contribution in [0.25, 0.3) is 0 Å². The van der Waals surface area contributed by atoms with E-state index in [1.807, 2.05) is 16.8 Å². The van der Waals surface area contributed by atoms with Gasteiger partial charge >= 0.3 is 0 Å². The van der Waals surface area contributed by atoms with Gasteiger partial charge in [-0.15, -0.1) is 0 Å². The van der Waals surface area contributed by atoms with E-state index in [9.17, 15) is 0 Å². The number of hydrogen-bond acceptors (Lipinski definition) is 4. The van der Waals surface area contributed by atoms with Crippen molar-refractivity contribution in [1.29, 1.82) is 0 Å². The first kappa shape index (κ1) is 16.9. The number of hydrogen-bond donors (Lipinski definition) is 1. The van der Waals surface area contributed by atoms with E-state index in [1.54, 1.807) is 6.33 Å². The van der Waals surface area contributed by atoms with Gasteiger partial charge in [0, 0.05) is 19.0 Å². The van der Waals surface area contributed by atoms with Crippen molar-refractivity contribution in [3.63, 3.8) is 0 Å². The van der Waals surface area contributed by atoms with Crippen molar-refractivity contribution in [2.45, 2.75) is 31.5 Å². The van der Waals surface area contributed by atoms with Crippen molar-refractivity contribution in [2.24, 2.45) is 0 Å².